The Bertz CT molecular complexity index is 1120. The van der Waals surface area contributed by atoms with Gasteiger partial charge < -0.3 is 50.9 Å². The SMILES string of the molecule is NC1=Nc2c(ncn2[C@@H]2O[C@@]3(COP(=O)(O)OP(=O)(O)OP(=O)(O)O)CO[C@@H]2[C@@H]3O)C(N)N1. The molecule has 1 aromatic heterocycles. The number of guanidine groups is 1. The second-order valence-corrected chi connectivity index (χ2v) is 11.6. The molecule has 0 spiro atoms. The number of aliphatic hydroxyl groups excluding tert-OH is 1. The molecule has 2 bridgehead atoms. The van der Waals surface area contributed by atoms with Crippen LogP contribution in [0.15, 0.2) is 11.3 Å². The van der Waals surface area contributed by atoms with E-state index < -0.39 is 60.3 Å². The van der Waals surface area contributed by atoms with Gasteiger partial charge in [0.15, 0.2) is 18.0 Å². The van der Waals surface area contributed by atoms with Crippen LogP contribution in [0.1, 0.15) is 18.1 Å². The highest BCUT2D eigenvalue weighted by atomic mass is 31.3. The molecule has 33 heavy (non-hydrogen) atoms. The molecule has 186 valence electrons. The maximum atomic E-state index is 12.0. The summed E-state index contributed by atoms with van der Waals surface area (Å²) in [5.41, 5.74) is 10.2. The maximum absolute atomic E-state index is 12.0. The van der Waals surface area contributed by atoms with Gasteiger partial charge in [0.1, 0.15) is 29.7 Å². The summed E-state index contributed by atoms with van der Waals surface area (Å²) < 4.78 is 58.8. The Balaban J connectivity index is 1.49. The predicted molar refractivity (Wildman–Crippen MR) is 102 cm³/mol. The lowest BCUT2D eigenvalue weighted by Gasteiger charge is -2.31. The Kier molecular flexibility index (Phi) is 6.14. The number of aromatic nitrogens is 2. The normalized spacial score (nSPS) is 34.8. The van der Waals surface area contributed by atoms with E-state index in [9.17, 15) is 28.6 Å². The molecular formula is C11H19N6O13P3. The molecular weight excluding hydrogens is 517 g/mol. The summed E-state index contributed by atoms with van der Waals surface area (Å²) in [5.74, 6) is 0.221. The van der Waals surface area contributed by atoms with Gasteiger partial charge in [0.05, 0.1) is 19.5 Å². The molecule has 0 amide bonds. The Morgan fingerprint density at radius 3 is 2.61 bits per heavy atom. The van der Waals surface area contributed by atoms with Crippen molar-refractivity contribution in [3.8, 4) is 0 Å². The third-order valence-corrected chi connectivity index (χ3v) is 8.57. The zero-order valence-corrected chi connectivity index (χ0v) is 18.8. The van der Waals surface area contributed by atoms with Crippen LogP contribution in [0.5, 0.6) is 0 Å². The number of hydrogen-bond acceptors (Lipinski definition) is 14. The van der Waals surface area contributed by atoms with Crippen molar-refractivity contribution in [3.63, 3.8) is 0 Å². The van der Waals surface area contributed by atoms with Crippen molar-refractivity contribution < 1.29 is 61.0 Å². The number of aliphatic imine (C=N–C) groups is 1. The summed E-state index contributed by atoms with van der Waals surface area (Å²) in [7, 11) is -16.7. The second kappa shape index (κ2) is 8.15. The van der Waals surface area contributed by atoms with Gasteiger partial charge in [-0.25, -0.2) is 18.7 Å². The zero-order chi connectivity index (χ0) is 24.4. The maximum Gasteiger partial charge on any atom is 0.490 e. The van der Waals surface area contributed by atoms with E-state index in [2.05, 4.69) is 28.4 Å². The van der Waals surface area contributed by atoms with Crippen LogP contribution in [0.3, 0.4) is 0 Å². The highest BCUT2D eigenvalue weighted by Crippen LogP contribution is 2.66. The summed E-state index contributed by atoms with van der Waals surface area (Å²) >= 11 is 0. The first-order valence-corrected chi connectivity index (χ1v) is 13.3. The quantitative estimate of drug-likeness (QED) is 0.163. The molecule has 3 unspecified atom stereocenters. The topological polar surface area (TPSA) is 293 Å². The van der Waals surface area contributed by atoms with Gasteiger partial charge >= 0.3 is 23.5 Å². The summed E-state index contributed by atoms with van der Waals surface area (Å²) in [4.78, 5) is 44.3. The first kappa shape index (κ1) is 24.8. The summed E-state index contributed by atoms with van der Waals surface area (Å²) in [6.07, 6.45) is -2.91. The van der Waals surface area contributed by atoms with Gasteiger partial charge in [-0.15, -0.1) is 0 Å². The largest absolute Gasteiger partial charge is 0.490 e. The van der Waals surface area contributed by atoms with E-state index in [0.29, 0.717) is 5.69 Å². The van der Waals surface area contributed by atoms with Crippen LogP contribution in [0.2, 0.25) is 0 Å². The van der Waals surface area contributed by atoms with Gasteiger partial charge in [-0.1, -0.05) is 0 Å². The molecule has 0 aliphatic carbocycles. The van der Waals surface area contributed by atoms with E-state index >= 15 is 0 Å². The van der Waals surface area contributed by atoms with Gasteiger partial charge in [-0.3, -0.25) is 9.09 Å². The van der Waals surface area contributed by atoms with Crippen molar-refractivity contribution in [2.75, 3.05) is 13.2 Å². The molecule has 2 saturated heterocycles. The van der Waals surface area contributed by atoms with Crippen molar-refractivity contribution in [1.82, 2.24) is 14.9 Å². The van der Waals surface area contributed by atoms with Crippen LogP contribution in [0.4, 0.5) is 5.82 Å². The molecule has 3 aliphatic heterocycles. The van der Waals surface area contributed by atoms with Crippen molar-refractivity contribution >= 4 is 35.2 Å². The molecule has 0 radical (unpaired) electrons. The van der Waals surface area contributed by atoms with Gasteiger partial charge in [0.2, 0.25) is 0 Å². The minimum absolute atomic E-state index is 0.00347. The van der Waals surface area contributed by atoms with Gasteiger partial charge in [-0.05, 0) is 0 Å². The summed E-state index contributed by atoms with van der Waals surface area (Å²) in [6.45, 7) is -1.21. The molecule has 19 nitrogen and oxygen atoms in total. The van der Waals surface area contributed by atoms with Crippen LogP contribution in [0.25, 0.3) is 0 Å². The number of fused-ring (bicyclic) bond motifs is 3. The summed E-state index contributed by atoms with van der Waals surface area (Å²) in [5, 5.41) is 13.3. The van der Waals surface area contributed by atoms with Crippen LogP contribution in [-0.2, 0) is 36.3 Å². The number of nitrogens with zero attached hydrogens (tertiary/aromatic N) is 3. The van der Waals surface area contributed by atoms with Crippen LogP contribution in [0, 0.1) is 0 Å². The fourth-order valence-corrected chi connectivity index (χ4v) is 6.57. The number of nitrogens with two attached hydrogens (primary N) is 2. The van der Waals surface area contributed by atoms with Crippen LogP contribution < -0.4 is 16.8 Å². The van der Waals surface area contributed by atoms with E-state index in [1.807, 2.05) is 0 Å². The van der Waals surface area contributed by atoms with Crippen molar-refractivity contribution in [2.45, 2.75) is 30.2 Å². The second-order valence-electron chi connectivity index (χ2n) is 7.14. The van der Waals surface area contributed by atoms with E-state index in [0.717, 1.165) is 0 Å². The van der Waals surface area contributed by atoms with E-state index in [4.69, 9.17) is 30.7 Å². The zero-order valence-electron chi connectivity index (χ0n) is 16.1. The minimum atomic E-state index is -5.70. The first-order chi connectivity index (χ1) is 15.1. The summed E-state index contributed by atoms with van der Waals surface area (Å²) in [6, 6.07) is 0. The van der Waals surface area contributed by atoms with Crippen LogP contribution >= 0.6 is 23.5 Å². The average molecular weight is 536 g/mol. The Labute approximate surface area is 183 Å². The molecule has 0 aromatic carbocycles. The highest BCUT2D eigenvalue weighted by Gasteiger charge is 2.63. The molecule has 4 heterocycles. The smallest absolute Gasteiger partial charge is 0.387 e. The first-order valence-electron chi connectivity index (χ1n) is 8.80. The molecule has 1 aromatic rings. The fourth-order valence-electron chi connectivity index (χ4n) is 3.50. The Hall–Kier alpha value is -1.27. The Morgan fingerprint density at radius 2 is 1.94 bits per heavy atom. The number of ether oxygens (including phenoxy) is 2. The van der Waals surface area contributed by atoms with Crippen LogP contribution in [-0.4, -0.2) is 71.2 Å². The lowest BCUT2D eigenvalue weighted by molar-refractivity contribution is -0.184. The lowest BCUT2D eigenvalue weighted by atomic mass is 10.0. The number of phosphoric acid groups is 3. The monoisotopic (exact) mass is 536 g/mol. The average Bonchev–Trinajstić information content (AvgIpc) is 3.27. The minimum Gasteiger partial charge on any atom is -0.387 e. The van der Waals surface area contributed by atoms with Gasteiger partial charge in [0.25, 0.3) is 0 Å². The molecule has 7 atom stereocenters. The van der Waals surface area contributed by atoms with Crippen molar-refractivity contribution in [3.05, 3.63) is 12.0 Å². The predicted octanol–water partition coefficient (Wildman–Crippen LogP) is -2.24. The molecule has 0 saturated carbocycles. The van der Waals surface area contributed by atoms with Gasteiger partial charge in [-0.2, -0.15) is 13.6 Å². The highest BCUT2D eigenvalue weighted by molar-refractivity contribution is 7.66. The molecule has 10 N–H and O–H groups in total. The number of hydrogen-bond donors (Lipinski definition) is 8. The van der Waals surface area contributed by atoms with E-state index in [1.54, 1.807) is 0 Å². The number of phosphoric ester groups is 1. The third kappa shape index (κ3) is 4.93. The van der Waals surface area contributed by atoms with Crippen molar-refractivity contribution in [2.24, 2.45) is 16.5 Å². The molecule has 22 heteroatoms. The number of nitrogens with one attached hydrogen (secondary N) is 1. The molecule has 3 aliphatic rings. The number of rotatable bonds is 8. The molecule has 4 rings (SSSR count). The van der Waals surface area contributed by atoms with Crippen molar-refractivity contribution in [1.29, 1.82) is 0 Å². The van der Waals surface area contributed by atoms with E-state index in [-0.39, 0.29) is 18.4 Å². The standard InChI is InChI=1S/C11H19N6O13P3/c12-7-4-8(16-10(13)15-7)17(3-14-4)9-5-6(18)11(28-9,1-26-5)2-27-32(22,23)30-33(24,25)29-31(19,20)21/h3,5-7,9,18H,1-2,12H2,(H,22,23)(H,24,25)(H3,13,15,16)(H2,19,20,21)/t5-,6+,7?,9-,11-/m1/s1. The van der Waals surface area contributed by atoms with E-state index in [1.165, 1.54) is 10.9 Å². The number of imidazole rings is 1. The Morgan fingerprint density at radius 1 is 1.24 bits per heavy atom. The lowest BCUT2D eigenvalue weighted by Crippen LogP contribution is -2.44. The molecule has 2 fully saturated rings. The van der Waals surface area contributed by atoms with Gasteiger partial charge in [0, 0.05) is 0 Å². The number of aliphatic hydroxyl groups is 1. The fraction of sp³-hybridized carbons (Fsp3) is 0.636. The third-order valence-electron chi connectivity index (χ3n) is 4.79.